The second kappa shape index (κ2) is 4.87. The molecule has 0 radical (unpaired) electrons. The summed E-state index contributed by atoms with van der Waals surface area (Å²) in [5.41, 5.74) is 6.00. The first-order valence-corrected chi connectivity index (χ1v) is 7.59. The fourth-order valence-corrected chi connectivity index (χ4v) is 4.12. The van der Waals surface area contributed by atoms with Gasteiger partial charge >= 0.3 is 0 Å². The molecule has 2 aromatic rings. The molecule has 0 saturated carbocycles. The maximum Gasteiger partial charge on any atom is 0.0455 e. The van der Waals surface area contributed by atoms with Crippen LogP contribution in [0.2, 0.25) is 0 Å². The zero-order valence-corrected chi connectivity index (χ0v) is 13.7. The Morgan fingerprint density at radius 2 is 1.95 bits per heavy atom. The molecule has 20 heavy (non-hydrogen) atoms. The first kappa shape index (κ1) is 14.1. The van der Waals surface area contributed by atoms with E-state index in [-0.39, 0.29) is 17.9 Å². The zero-order chi connectivity index (χ0) is 13.0. The molecule has 0 spiro atoms. The normalized spacial score (nSPS) is 26.2. The van der Waals surface area contributed by atoms with E-state index in [1.165, 1.54) is 26.7 Å². The molecule has 104 valence electrons. The van der Waals surface area contributed by atoms with Crippen LogP contribution < -0.4 is 5.32 Å². The molecule has 0 amide bonds. The third-order valence-electron chi connectivity index (χ3n) is 4.56. The number of hydrogen-bond acceptors (Lipinski definition) is 1. The van der Waals surface area contributed by atoms with Crippen molar-refractivity contribution in [2.24, 2.45) is 0 Å². The molecule has 2 atom stereocenters. The predicted octanol–water partition coefficient (Wildman–Crippen LogP) is 4.53. The summed E-state index contributed by atoms with van der Waals surface area (Å²) in [7, 11) is 0. The molecule has 3 heteroatoms. The molecule has 2 aliphatic heterocycles. The van der Waals surface area contributed by atoms with Crippen molar-refractivity contribution < 1.29 is 0 Å². The fourth-order valence-electron chi connectivity index (χ4n) is 3.71. The number of rotatable bonds is 0. The third-order valence-corrected chi connectivity index (χ3v) is 5.05. The summed E-state index contributed by atoms with van der Waals surface area (Å²) < 4.78 is 1.18. The summed E-state index contributed by atoms with van der Waals surface area (Å²) in [6.45, 7) is 2.34. The van der Waals surface area contributed by atoms with Gasteiger partial charge in [0.1, 0.15) is 0 Å². The van der Waals surface area contributed by atoms with Gasteiger partial charge in [-0.15, -0.1) is 12.4 Å². The Bertz CT molecular complexity index is 670. The van der Waals surface area contributed by atoms with Crippen molar-refractivity contribution in [1.29, 1.82) is 0 Å². The van der Waals surface area contributed by atoms with E-state index >= 15 is 0 Å². The third kappa shape index (κ3) is 2.02. The van der Waals surface area contributed by atoms with Gasteiger partial charge < -0.3 is 5.32 Å². The van der Waals surface area contributed by atoms with E-state index in [2.05, 4.69) is 70.6 Å². The van der Waals surface area contributed by atoms with Crippen LogP contribution in [0.3, 0.4) is 0 Å². The average Bonchev–Trinajstić information content (AvgIpc) is 2.57. The summed E-state index contributed by atoms with van der Waals surface area (Å²) in [6, 6.07) is 16.0. The molecule has 2 aromatic carbocycles. The molecular weight excluding hydrogens is 334 g/mol. The highest BCUT2D eigenvalue weighted by molar-refractivity contribution is 9.10. The van der Waals surface area contributed by atoms with E-state index in [4.69, 9.17) is 0 Å². The molecule has 2 unspecified atom stereocenters. The van der Waals surface area contributed by atoms with Crippen molar-refractivity contribution in [2.75, 3.05) is 0 Å². The quantitative estimate of drug-likeness (QED) is 0.736. The van der Waals surface area contributed by atoms with E-state index in [1.54, 1.807) is 0 Å². The fraction of sp³-hybridized carbons (Fsp3) is 0.294. The minimum atomic E-state index is 0. The van der Waals surface area contributed by atoms with Crippen LogP contribution in [0, 0.1) is 0 Å². The first-order chi connectivity index (χ1) is 9.16. The molecule has 4 rings (SSSR count). The van der Waals surface area contributed by atoms with Crippen LogP contribution in [0.15, 0.2) is 46.9 Å². The predicted molar refractivity (Wildman–Crippen MR) is 88.5 cm³/mol. The molecule has 0 fully saturated rings. The molecule has 0 aromatic heterocycles. The maximum absolute atomic E-state index is 3.85. The molecule has 2 aliphatic rings. The molecule has 2 heterocycles. The highest BCUT2D eigenvalue weighted by Gasteiger charge is 2.41. The number of halogens is 2. The van der Waals surface area contributed by atoms with Crippen LogP contribution in [0.5, 0.6) is 0 Å². The van der Waals surface area contributed by atoms with Gasteiger partial charge in [-0.05, 0) is 54.2 Å². The lowest BCUT2D eigenvalue weighted by molar-refractivity contribution is 0.368. The summed E-state index contributed by atoms with van der Waals surface area (Å²) in [4.78, 5) is 0. The summed E-state index contributed by atoms with van der Waals surface area (Å²) in [6.07, 6.45) is 2.16. The second-order valence-electron chi connectivity index (χ2n) is 5.91. The van der Waals surface area contributed by atoms with Crippen molar-refractivity contribution >= 4 is 28.3 Å². The van der Waals surface area contributed by atoms with E-state index in [0.717, 1.165) is 12.8 Å². The molecule has 0 aliphatic carbocycles. The molecular formula is C17H17BrClN. The largest absolute Gasteiger partial charge is 0.300 e. The lowest BCUT2D eigenvalue weighted by Gasteiger charge is -2.26. The van der Waals surface area contributed by atoms with Gasteiger partial charge in [0.2, 0.25) is 0 Å². The van der Waals surface area contributed by atoms with Gasteiger partial charge in [-0.3, -0.25) is 0 Å². The summed E-state index contributed by atoms with van der Waals surface area (Å²) in [5, 5.41) is 3.85. The Morgan fingerprint density at radius 3 is 2.80 bits per heavy atom. The minimum absolute atomic E-state index is 0. The Hall–Kier alpha value is -0.830. The minimum Gasteiger partial charge on any atom is -0.300 e. The van der Waals surface area contributed by atoms with Crippen molar-refractivity contribution in [1.82, 2.24) is 5.32 Å². The number of nitrogens with one attached hydrogen (secondary N) is 1. The summed E-state index contributed by atoms with van der Waals surface area (Å²) in [5.74, 6) is 0. The molecule has 1 N–H and O–H groups in total. The van der Waals surface area contributed by atoms with Gasteiger partial charge in [0.15, 0.2) is 0 Å². The Kier molecular flexibility index (Phi) is 3.44. The van der Waals surface area contributed by atoms with Gasteiger partial charge in [0.05, 0.1) is 0 Å². The van der Waals surface area contributed by atoms with Crippen LogP contribution in [0.25, 0.3) is 0 Å². The van der Waals surface area contributed by atoms with Gasteiger partial charge in [-0.1, -0.05) is 46.3 Å². The first-order valence-electron chi connectivity index (χ1n) is 6.80. The smallest absolute Gasteiger partial charge is 0.0455 e. The van der Waals surface area contributed by atoms with Gasteiger partial charge in [-0.25, -0.2) is 0 Å². The van der Waals surface area contributed by atoms with Crippen molar-refractivity contribution in [3.05, 3.63) is 69.2 Å². The standard InChI is InChI=1S/C17H16BrN.ClH/c1-17-10-11-6-7-13(18)8-12(11)9-16(19-17)14-4-2-3-5-15(14)17;/h2-8,16,19H,9-10H2,1H3;1H. The monoisotopic (exact) mass is 349 g/mol. The van der Waals surface area contributed by atoms with E-state index in [9.17, 15) is 0 Å². The Morgan fingerprint density at radius 1 is 1.15 bits per heavy atom. The van der Waals surface area contributed by atoms with Crippen LogP contribution >= 0.6 is 28.3 Å². The number of fused-ring (bicyclic) bond motifs is 6. The van der Waals surface area contributed by atoms with E-state index < -0.39 is 0 Å². The average molecular weight is 351 g/mol. The van der Waals surface area contributed by atoms with Crippen molar-refractivity contribution in [2.45, 2.75) is 31.3 Å². The van der Waals surface area contributed by atoms with Gasteiger partial charge in [-0.2, -0.15) is 0 Å². The lowest BCUT2D eigenvalue weighted by Crippen LogP contribution is -2.36. The van der Waals surface area contributed by atoms with Gasteiger partial charge in [0, 0.05) is 16.1 Å². The van der Waals surface area contributed by atoms with Crippen molar-refractivity contribution in [3.8, 4) is 0 Å². The molecule has 2 bridgehead atoms. The van der Waals surface area contributed by atoms with Crippen LogP contribution in [-0.4, -0.2) is 0 Å². The number of benzene rings is 2. The second-order valence-corrected chi connectivity index (χ2v) is 6.83. The number of hydrogen-bond donors (Lipinski definition) is 1. The van der Waals surface area contributed by atoms with E-state index in [1.807, 2.05) is 0 Å². The van der Waals surface area contributed by atoms with Gasteiger partial charge in [0.25, 0.3) is 0 Å². The van der Waals surface area contributed by atoms with Crippen LogP contribution in [0.4, 0.5) is 0 Å². The van der Waals surface area contributed by atoms with Crippen molar-refractivity contribution in [3.63, 3.8) is 0 Å². The van der Waals surface area contributed by atoms with Crippen LogP contribution in [-0.2, 0) is 18.4 Å². The highest BCUT2D eigenvalue weighted by atomic mass is 79.9. The highest BCUT2D eigenvalue weighted by Crippen LogP contribution is 2.44. The summed E-state index contributed by atoms with van der Waals surface area (Å²) >= 11 is 3.59. The molecule has 1 nitrogen and oxygen atoms in total. The topological polar surface area (TPSA) is 12.0 Å². The zero-order valence-electron chi connectivity index (χ0n) is 11.3. The maximum atomic E-state index is 3.85. The lowest BCUT2D eigenvalue weighted by atomic mass is 9.82. The Balaban J connectivity index is 0.00000121. The van der Waals surface area contributed by atoms with E-state index in [0.29, 0.717) is 6.04 Å². The SMILES string of the molecule is CC12Cc3ccc(Br)cc3CC(N1)c1ccccc12.Cl. The Labute approximate surface area is 134 Å². The molecule has 0 saturated heterocycles. The van der Waals surface area contributed by atoms with Crippen LogP contribution in [0.1, 0.15) is 35.2 Å².